The van der Waals surface area contributed by atoms with Crippen molar-refractivity contribution in [3.8, 4) is 5.75 Å². The Morgan fingerprint density at radius 3 is 2.42 bits per heavy atom. The molecule has 0 radical (unpaired) electrons. The van der Waals surface area contributed by atoms with E-state index >= 15 is 0 Å². The molecule has 3 rings (SSSR count). The minimum atomic E-state index is 0.375. The first kappa shape index (κ1) is 12.9. The van der Waals surface area contributed by atoms with E-state index in [9.17, 15) is 0 Å². The molecule has 0 unspecified atom stereocenters. The molecule has 0 bridgehead atoms. The lowest BCUT2D eigenvalue weighted by Gasteiger charge is -2.39. The van der Waals surface area contributed by atoms with Gasteiger partial charge in [-0.05, 0) is 50.9 Å². The molecule has 0 atom stereocenters. The van der Waals surface area contributed by atoms with Crippen LogP contribution >= 0.6 is 0 Å². The maximum absolute atomic E-state index is 6.01. The normalized spacial score (nSPS) is 23.4. The molecule has 3 heterocycles. The summed E-state index contributed by atoms with van der Waals surface area (Å²) in [6, 6.07) is 4.68. The lowest BCUT2D eigenvalue weighted by molar-refractivity contribution is 0.0653. The average Bonchev–Trinajstić information content (AvgIpc) is 2.50. The van der Waals surface area contributed by atoms with Crippen LogP contribution in [0.15, 0.2) is 24.5 Å². The van der Waals surface area contributed by atoms with Gasteiger partial charge in [0, 0.05) is 31.5 Å². The third-order valence-electron chi connectivity index (χ3n) is 4.25. The Balaban J connectivity index is 1.46. The molecule has 2 fully saturated rings. The third-order valence-corrected chi connectivity index (χ3v) is 4.25. The first-order chi connectivity index (χ1) is 9.42. The number of rotatable bonds is 3. The summed E-state index contributed by atoms with van der Waals surface area (Å²) in [5.74, 6) is 0.954. The zero-order valence-electron chi connectivity index (χ0n) is 11.4. The Morgan fingerprint density at radius 1 is 1.05 bits per heavy atom. The van der Waals surface area contributed by atoms with Crippen molar-refractivity contribution in [1.29, 1.82) is 0 Å². The molecule has 1 aromatic heterocycles. The molecule has 1 N–H and O–H groups in total. The monoisotopic (exact) mass is 261 g/mol. The van der Waals surface area contributed by atoms with E-state index in [0.29, 0.717) is 6.10 Å². The molecule has 104 valence electrons. The van der Waals surface area contributed by atoms with E-state index in [-0.39, 0.29) is 0 Å². The summed E-state index contributed by atoms with van der Waals surface area (Å²) in [6.45, 7) is 4.72. The Bertz CT molecular complexity index is 370. The van der Waals surface area contributed by atoms with Gasteiger partial charge in [-0.2, -0.15) is 0 Å². The maximum Gasteiger partial charge on any atom is 0.122 e. The summed E-state index contributed by atoms with van der Waals surface area (Å²) in [4.78, 5) is 6.68. The second kappa shape index (κ2) is 6.35. The summed E-state index contributed by atoms with van der Waals surface area (Å²) < 4.78 is 6.01. The van der Waals surface area contributed by atoms with Gasteiger partial charge in [-0.3, -0.25) is 4.98 Å². The minimum absolute atomic E-state index is 0.375. The van der Waals surface area contributed by atoms with Crippen molar-refractivity contribution in [1.82, 2.24) is 15.2 Å². The van der Waals surface area contributed by atoms with Crippen LogP contribution in [0.5, 0.6) is 5.75 Å². The number of ether oxygens (including phenoxy) is 1. The molecule has 0 saturated carbocycles. The van der Waals surface area contributed by atoms with Gasteiger partial charge in [-0.15, -0.1) is 0 Å². The number of piperidine rings is 2. The molecule has 0 aliphatic carbocycles. The fourth-order valence-corrected chi connectivity index (χ4v) is 3.14. The van der Waals surface area contributed by atoms with Gasteiger partial charge in [0.15, 0.2) is 0 Å². The molecule has 2 aliphatic rings. The molecule has 2 aliphatic heterocycles. The first-order valence-corrected chi connectivity index (χ1v) is 7.43. The van der Waals surface area contributed by atoms with E-state index in [1.165, 1.54) is 39.0 Å². The van der Waals surface area contributed by atoms with E-state index in [0.717, 1.165) is 24.6 Å². The van der Waals surface area contributed by atoms with E-state index in [1.807, 2.05) is 12.1 Å². The maximum atomic E-state index is 6.01. The SMILES string of the molecule is c1cc(OC2CCN(C3CCNCC3)CC2)ccn1. The average molecular weight is 261 g/mol. The van der Waals surface area contributed by atoms with Crippen molar-refractivity contribution in [2.24, 2.45) is 0 Å². The van der Waals surface area contributed by atoms with Crippen LogP contribution < -0.4 is 10.1 Å². The number of hydrogen-bond acceptors (Lipinski definition) is 4. The van der Waals surface area contributed by atoms with Crippen molar-refractivity contribution in [2.75, 3.05) is 26.2 Å². The zero-order chi connectivity index (χ0) is 12.9. The van der Waals surface area contributed by atoms with Crippen LogP contribution in [0.4, 0.5) is 0 Å². The summed E-state index contributed by atoms with van der Waals surface area (Å²) in [6.07, 6.45) is 8.85. The Hall–Kier alpha value is -1.13. The highest BCUT2D eigenvalue weighted by Crippen LogP contribution is 2.21. The van der Waals surface area contributed by atoms with Gasteiger partial charge in [0.05, 0.1) is 0 Å². The quantitative estimate of drug-likeness (QED) is 0.898. The van der Waals surface area contributed by atoms with Crippen LogP contribution in [0, 0.1) is 0 Å². The predicted octanol–water partition coefficient (Wildman–Crippen LogP) is 1.68. The third kappa shape index (κ3) is 3.45. The number of hydrogen-bond donors (Lipinski definition) is 1. The fourth-order valence-electron chi connectivity index (χ4n) is 3.14. The van der Waals surface area contributed by atoms with Gasteiger partial charge >= 0.3 is 0 Å². The standard InChI is InChI=1S/C15H23N3O/c1-7-16-8-2-13(1)18-11-5-15(6-12-18)19-14-3-9-17-10-4-14/h3-4,9-10,13,15-16H,1-2,5-8,11-12H2. The van der Waals surface area contributed by atoms with Gasteiger partial charge in [0.2, 0.25) is 0 Å². The molecule has 4 heteroatoms. The molecule has 19 heavy (non-hydrogen) atoms. The lowest BCUT2D eigenvalue weighted by Crippen LogP contribution is -2.48. The van der Waals surface area contributed by atoms with Crippen LogP contribution in [0.2, 0.25) is 0 Å². The molecule has 1 aromatic rings. The number of nitrogens with zero attached hydrogens (tertiary/aromatic N) is 2. The highest BCUT2D eigenvalue weighted by Gasteiger charge is 2.26. The van der Waals surface area contributed by atoms with Crippen molar-refractivity contribution in [3.63, 3.8) is 0 Å². The van der Waals surface area contributed by atoms with E-state index in [2.05, 4.69) is 15.2 Å². The van der Waals surface area contributed by atoms with Crippen LogP contribution in [-0.4, -0.2) is 48.2 Å². The smallest absolute Gasteiger partial charge is 0.122 e. The Labute approximate surface area is 115 Å². The van der Waals surface area contributed by atoms with Gasteiger partial charge in [-0.1, -0.05) is 0 Å². The molecule has 2 saturated heterocycles. The minimum Gasteiger partial charge on any atom is -0.490 e. The first-order valence-electron chi connectivity index (χ1n) is 7.43. The lowest BCUT2D eigenvalue weighted by atomic mass is 10.00. The highest BCUT2D eigenvalue weighted by molar-refractivity contribution is 5.17. The fraction of sp³-hybridized carbons (Fsp3) is 0.667. The van der Waals surface area contributed by atoms with Gasteiger partial charge in [0.1, 0.15) is 11.9 Å². The van der Waals surface area contributed by atoms with Crippen LogP contribution in [-0.2, 0) is 0 Å². The topological polar surface area (TPSA) is 37.4 Å². The van der Waals surface area contributed by atoms with Gasteiger partial charge in [-0.25, -0.2) is 0 Å². The molecule has 0 spiro atoms. The Morgan fingerprint density at radius 2 is 1.74 bits per heavy atom. The Kier molecular flexibility index (Phi) is 4.30. The van der Waals surface area contributed by atoms with Crippen LogP contribution in [0.25, 0.3) is 0 Å². The van der Waals surface area contributed by atoms with Crippen LogP contribution in [0.3, 0.4) is 0 Å². The summed E-state index contributed by atoms with van der Waals surface area (Å²) in [7, 11) is 0. The predicted molar refractivity (Wildman–Crippen MR) is 75.4 cm³/mol. The number of aromatic nitrogens is 1. The van der Waals surface area contributed by atoms with Gasteiger partial charge in [0.25, 0.3) is 0 Å². The zero-order valence-corrected chi connectivity index (χ0v) is 11.4. The summed E-state index contributed by atoms with van der Waals surface area (Å²) >= 11 is 0. The molecular formula is C15H23N3O. The number of pyridine rings is 1. The highest BCUT2D eigenvalue weighted by atomic mass is 16.5. The molecule has 0 aromatic carbocycles. The van der Waals surface area contributed by atoms with E-state index in [4.69, 9.17) is 4.74 Å². The van der Waals surface area contributed by atoms with Gasteiger partial charge < -0.3 is 15.0 Å². The second-order valence-corrected chi connectivity index (χ2v) is 5.52. The summed E-state index contributed by atoms with van der Waals surface area (Å²) in [5, 5.41) is 3.44. The molecular weight excluding hydrogens is 238 g/mol. The van der Waals surface area contributed by atoms with Crippen molar-refractivity contribution in [3.05, 3.63) is 24.5 Å². The van der Waals surface area contributed by atoms with E-state index < -0.39 is 0 Å². The summed E-state index contributed by atoms with van der Waals surface area (Å²) in [5.41, 5.74) is 0. The van der Waals surface area contributed by atoms with Crippen molar-refractivity contribution < 1.29 is 4.74 Å². The van der Waals surface area contributed by atoms with E-state index in [1.54, 1.807) is 12.4 Å². The van der Waals surface area contributed by atoms with Crippen LogP contribution in [0.1, 0.15) is 25.7 Å². The number of nitrogens with one attached hydrogen (secondary N) is 1. The number of likely N-dealkylation sites (tertiary alicyclic amines) is 1. The molecule has 4 nitrogen and oxygen atoms in total. The van der Waals surface area contributed by atoms with Crippen molar-refractivity contribution >= 4 is 0 Å². The molecule has 0 amide bonds. The largest absolute Gasteiger partial charge is 0.490 e. The second-order valence-electron chi connectivity index (χ2n) is 5.52. The van der Waals surface area contributed by atoms with Crippen molar-refractivity contribution in [2.45, 2.75) is 37.8 Å².